The highest BCUT2D eigenvalue weighted by molar-refractivity contribution is 5.60. The Hall–Kier alpha value is -1.16. The maximum Gasteiger partial charge on any atom is 0.0848 e. The highest BCUT2D eigenvalue weighted by atomic mass is 15.4. The van der Waals surface area contributed by atoms with E-state index < -0.39 is 0 Å². The van der Waals surface area contributed by atoms with Crippen LogP contribution in [0.1, 0.15) is 5.69 Å². The summed E-state index contributed by atoms with van der Waals surface area (Å²) in [5.74, 6) is 0. The van der Waals surface area contributed by atoms with Gasteiger partial charge in [-0.05, 0) is 5.57 Å². The average Bonchev–Trinajstić information content (AvgIpc) is 2.34. The summed E-state index contributed by atoms with van der Waals surface area (Å²) in [6.07, 6.45) is 1.65. The molecule has 2 N–H and O–H groups in total. The van der Waals surface area contributed by atoms with E-state index in [4.69, 9.17) is 5.73 Å². The zero-order valence-electron chi connectivity index (χ0n) is 5.91. The second-order valence-electron chi connectivity index (χ2n) is 2.05. The SMILES string of the molecule is C=C(CN)c1cnnn1C. The minimum atomic E-state index is 0.446. The fourth-order valence-corrected chi connectivity index (χ4v) is 0.714. The number of nitrogens with zero attached hydrogens (tertiary/aromatic N) is 3. The molecule has 0 aliphatic carbocycles. The molecule has 0 amide bonds. The normalized spacial score (nSPS) is 9.80. The van der Waals surface area contributed by atoms with Gasteiger partial charge < -0.3 is 5.73 Å². The van der Waals surface area contributed by atoms with Crippen LogP contribution in [0.5, 0.6) is 0 Å². The molecule has 1 rings (SSSR count). The van der Waals surface area contributed by atoms with Crippen molar-refractivity contribution in [2.45, 2.75) is 0 Å². The minimum Gasteiger partial charge on any atom is -0.326 e. The summed E-state index contributed by atoms with van der Waals surface area (Å²) in [6.45, 7) is 4.20. The lowest BCUT2D eigenvalue weighted by molar-refractivity contribution is 0.706. The van der Waals surface area contributed by atoms with Crippen molar-refractivity contribution in [3.05, 3.63) is 18.5 Å². The van der Waals surface area contributed by atoms with Gasteiger partial charge in [-0.1, -0.05) is 11.8 Å². The maximum absolute atomic E-state index is 5.36. The molecule has 0 aromatic carbocycles. The lowest BCUT2D eigenvalue weighted by Crippen LogP contribution is -2.05. The molecule has 1 aromatic rings. The Labute approximate surface area is 59.3 Å². The van der Waals surface area contributed by atoms with E-state index in [9.17, 15) is 0 Å². The number of rotatable bonds is 2. The van der Waals surface area contributed by atoms with Gasteiger partial charge in [0.25, 0.3) is 0 Å². The van der Waals surface area contributed by atoms with Gasteiger partial charge in [0.05, 0.1) is 11.9 Å². The molecule has 4 nitrogen and oxygen atoms in total. The van der Waals surface area contributed by atoms with Crippen molar-refractivity contribution in [1.82, 2.24) is 15.0 Å². The molecule has 1 heterocycles. The molecule has 4 heteroatoms. The molecule has 0 spiro atoms. The summed E-state index contributed by atoms with van der Waals surface area (Å²) >= 11 is 0. The molecule has 0 unspecified atom stereocenters. The van der Waals surface area contributed by atoms with Crippen LogP contribution in [0.15, 0.2) is 12.8 Å². The summed E-state index contributed by atoms with van der Waals surface area (Å²) in [4.78, 5) is 0. The summed E-state index contributed by atoms with van der Waals surface area (Å²) < 4.78 is 1.65. The number of hydrogen-bond donors (Lipinski definition) is 1. The largest absolute Gasteiger partial charge is 0.326 e. The van der Waals surface area contributed by atoms with Crippen LogP contribution in [0.4, 0.5) is 0 Å². The molecule has 0 aliphatic rings. The van der Waals surface area contributed by atoms with E-state index in [-0.39, 0.29) is 0 Å². The monoisotopic (exact) mass is 138 g/mol. The number of hydrogen-bond acceptors (Lipinski definition) is 3. The minimum absolute atomic E-state index is 0.446. The molecule has 1 aromatic heterocycles. The fraction of sp³-hybridized carbons (Fsp3) is 0.333. The van der Waals surface area contributed by atoms with Crippen molar-refractivity contribution in [2.24, 2.45) is 12.8 Å². The Kier molecular flexibility index (Phi) is 1.82. The highest BCUT2D eigenvalue weighted by Crippen LogP contribution is 2.05. The third-order valence-electron chi connectivity index (χ3n) is 1.32. The first-order valence-corrected chi connectivity index (χ1v) is 2.98. The van der Waals surface area contributed by atoms with Gasteiger partial charge in [-0.3, -0.25) is 0 Å². The first-order valence-electron chi connectivity index (χ1n) is 2.98. The molecule has 0 fully saturated rings. The first-order chi connectivity index (χ1) is 4.75. The smallest absolute Gasteiger partial charge is 0.0848 e. The van der Waals surface area contributed by atoms with Gasteiger partial charge >= 0.3 is 0 Å². The number of aryl methyl sites for hydroxylation is 1. The molecular weight excluding hydrogens is 128 g/mol. The van der Waals surface area contributed by atoms with E-state index in [1.807, 2.05) is 7.05 Å². The Morgan fingerprint density at radius 3 is 3.00 bits per heavy atom. The quantitative estimate of drug-likeness (QED) is 0.615. The van der Waals surface area contributed by atoms with E-state index >= 15 is 0 Å². The Morgan fingerprint density at radius 1 is 1.90 bits per heavy atom. The van der Waals surface area contributed by atoms with E-state index in [0.29, 0.717) is 6.54 Å². The summed E-state index contributed by atoms with van der Waals surface area (Å²) in [5, 5.41) is 7.42. The Morgan fingerprint density at radius 2 is 2.60 bits per heavy atom. The van der Waals surface area contributed by atoms with Crippen molar-refractivity contribution in [3.63, 3.8) is 0 Å². The maximum atomic E-state index is 5.36. The van der Waals surface area contributed by atoms with Gasteiger partial charge in [-0.15, -0.1) is 5.10 Å². The van der Waals surface area contributed by atoms with Crippen LogP contribution in [0.3, 0.4) is 0 Å². The Bertz CT molecular complexity index is 238. The van der Waals surface area contributed by atoms with Crippen molar-refractivity contribution in [1.29, 1.82) is 0 Å². The zero-order chi connectivity index (χ0) is 7.56. The van der Waals surface area contributed by atoms with Crippen molar-refractivity contribution < 1.29 is 0 Å². The van der Waals surface area contributed by atoms with Gasteiger partial charge in [0.2, 0.25) is 0 Å². The molecule has 0 atom stereocenters. The lowest BCUT2D eigenvalue weighted by Gasteiger charge is -1.99. The predicted octanol–water partition coefficient (Wildman–Crippen LogP) is -0.213. The third kappa shape index (κ3) is 1.06. The van der Waals surface area contributed by atoms with E-state index in [2.05, 4.69) is 16.9 Å². The lowest BCUT2D eigenvalue weighted by atomic mass is 10.2. The van der Waals surface area contributed by atoms with Crippen LogP contribution in [0.2, 0.25) is 0 Å². The molecule has 0 radical (unpaired) electrons. The number of aromatic nitrogens is 3. The van der Waals surface area contributed by atoms with Gasteiger partial charge in [-0.25, -0.2) is 4.68 Å². The van der Waals surface area contributed by atoms with Crippen molar-refractivity contribution in [2.75, 3.05) is 6.54 Å². The topological polar surface area (TPSA) is 56.7 Å². The summed E-state index contributed by atoms with van der Waals surface area (Å²) in [5.41, 5.74) is 7.11. The average molecular weight is 138 g/mol. The third-order valence-corrected chi connectivity index (χ3v) is 1.32. The van der Waals surface area contributed by atoms with E-state index in [0.717, 1.165) is 11.3 Å². The molecule has 0 saturated heterocycles. The van der Waals surface area contributed by atoms with Crippen LogP contribution in [0.25, 0.3) is 5.57 Å². The van der Waals surface area contributed by atoms with Gasteiger partial charge in [0, 0.05) is 13.6 Å². The first kappa shape index (κ1) is 6.95. The van der Waals surface area contributed by atoms with Gasteiger partial charge in [0.15, 0.2) is 0 Å². The molecule has 10 heavy (non-hydrogen) atoms. The molecule has 0 saturated carbocycles. The van der Waals surface area contributed by atoms with Crippen LogP contribution in [-0.4, -0.2) is 21.5 Å². The predicted molar refractivity (Wildman–Crippen MR) is 39.1 cm³/mol. The standard InChI is InChI=1S/C6H10N4/c1-5(3-7)6-4-8-9-10(6)2/h4H,1,3,7H2,2H3. The van der Waals surface area contributed by atoms with Gasteiger partial charge in [0.1, 0.15) is 0 Å². The summed E-state index contributed by atoms with van der Waals surface area (Å²) in [6, 6.07) is 0. The van der Waals surface area contributed by atoms with E-state index in [1.165, 1.54) is 0 Å². The number of nitrogens with two attached hydrogens (primary N) is 1. The molecule has 54 valence electrons. The molecule has 0 bridgehead atoms. The zero-order valence-corrected chi connectivity index (χ0v) is 5.91. The molecule has 0 aliphatic heterocycles. The van der Waals surface area contributed by atoms with Crippen molar-refractivity contribution in [3.8, 4) is 0 Å². The van der Waals surface area contributed by atoms with Crippen LogP contribution >= 0.6 is 0 Å². The molecular formula is C6H10N4. The summed E-state index contributed by atoms with van der Waals surface area (Å²) in [7, 11) is 1.81. The van der Waals surface area contributed by atoms with Gasteiger partial charge in [-0.2, -0.15) is 0 Å². The van der Waals surface area contributed by atoms with E-state index in [1.54, 1.807) is 10.9 Å². The second kappa shape index (κ2) is 2.62. The van der Waals surface area contributed by atoms with Crippen LogP contribution in [0, 0.1) is 0 Å². The fourth-order valence-electron chi connectivity index (χ4n) is 0.714. The van der Waals surface area contributed by atoms with Crippen LogP contribution < -0.4 is 5.73 Å². The second-order valence-corrected chi connectivity index (χ2v) is 2.05. The van der Waals surface area contributed by atoms with Crippen LogP contribution in [-0.2, 0) is 7.05 Å². The highest BCUT2D eigenvalue weighted by Gasteiger charge is 2.00. The Balaban J connectivity index is 2.93. The van der Waals surface area contributed by atoms with Crippen molar-refractivity contribution >= 4 is 5.57 Å².